The smallest absolute Gasteiger partial charge is 0.220 e. The molecule has 4 heteroatoms. The molecule has 3 aliphatic rings. The number of rotatable bonds is 1. The highest BCUT2D eigenvalue weighted by Gasteiger charge is 2.36. The van der Waals surface area contributed by atoms with Gasteiger partial charge in [-0.2, -0.15) is 10.8 Å². The second-order valence-corrected chi connectivity index (χ2v) is 3.37. The second-order valence-electron chi connectivity index (χ2n) is 3.37. The van der Waals surface area contributed by atoms with Crippen molar-refractivity contribution in [1.29, 1.82) is 0 Å². The van der Waals surface area contributed by atoms with Crippen molar-refractivity contribution in [2.45, 2.75) is 0 Å². The van der Waals surface area contributed by atoms with Gasteiger partial charge in [-0.3, -0.25) is 4.99 Å². The van der Waals surface area contributed by atoms with Gasteiger partial charge in [0, 0.05) is 5.57 Å². The van der Waals surface area contributed by atoms with Crippen LogP contribution in [0.2, 0.25) is 0 Å². The van der Waals surface area contributed by atoms with E-state index >= 15 is 0 Å². The Kier molecular flexibility index (Phi) is 1.29. The van der Waals surface area contributed by atoms with E-state index in [2.05, 4.69) is 9.98 Å². The molecule has 68 valence electrons. The molecule has 2 N–H and O–H groups in total. The number of nitrogens with two attached hydrogens (primary N) is 1. The molecule has 2 heterocycles. The van der Waals surface area contributed by atoms with Crippen molar-refractivity contribution in [1.82, 2.24) is 0 Å². The van der Waals surface area contributed by atoms with E-state index in [0.29, 0.717) is 0 Å². The van der Waals surface area contributed by atoms with Gasteiger partial charge in [-0.1, -0.05) is 18.2 Å². The fourth-order valence-corrected chi connectivity index (χ4v) is 1.58. The Hall–Kier alpha value is -1.78. The third-order valence-corrected chi connectivity index (χ3v) is 2.46. The van der Waals surface area contributed by atoms with E-state index < -0.39 is 0 Å². The maximum Gasteiger partial charge on any atom is 0.220 e. The average Bonchev–Trinajstić information content (AvgIpc) is 2.41. The molecule has 0 radical (unpaired) electrons. The molecule has 4 nitrogen and oxygen atoms in total. The monoisotopic (exact) mass is 185 g/mol. The van der Waals surface area contributed by atoms with Crippen LogP contribution < -0.4 is 5.84 Å². The summed E-state index contributed by atoms with van der Waals surface area (Å²) in [5.41, 5.74) is 2.95. The standard InChI is InChI=1S/C10H9N4/c11-14-5-4-12-6-9(14)10(13-7-14)8-2-1-3-8/h1-7H,11H2/q+1. The first-order chi connectivity index (χ1) is 6.80. The molecule has 2 aliphatic heterocycles. The second kappa shape index (κ2) is 2.37. The zero-order valence-electron chi connectivity index (χ0n) is 7.46. The van der Waals surface area contributed by atoms with Crippen molar-refractivity contribution in [3.63, 3.8) is 0 Å². The van der Waals surface area contributed by atoms with E-state index in [4.69, 9.17) is 5.84 Å². The van der Waals surface area contributed by atoms with Gasteiger partial charge < -0.3 is 0 Å². The van der Waals surface area contributed by atoms with Gasteiger partial charge in [-0.15, -0.1) is 4.59 Å². The van der Waals surface area contributed by atoms with Gasteiger partial charge in [0.1, 0.15) is 11.9 Å². The van der Waals surface area contributed by atoms with Crippen molar-refractivity contribution in [3.05, 3.63) is 47.6 Å². The van der Waals surface area contributed by atoms with Crippen LogP contribution in [0.15, 0.2) is 57.6 Å². The van der Waals surface area contributed by atoms with Crippen LogP contribution in [0.4, 0.5) is 0 Å². The molecule has 0 spiro atoms. The predicted molar refractivity (Wildman–Crippen MR) is 54.8 cm³/mol. The number of quaternary nitrogens is 1. The van der Waals surface area contributed by atoms with E-state index in [1.54, 1.807) is 25.0 Å². The largest absolute Gasteiger partial charge is 0.253 e. The van der Waals surface area contributed by atoms with Gasteiger partial charge in [0.05, 0.1) is 12.4 Å². The summed E-state index contributed by atoms with van der Waals surface area (Å²) in [6.07, 6.45) is 13.0. The molecule has 14 heavy (non-hydrogen) atoms. The van der Waals surface area contributed by atoms with E-state index in [1.165, 1.54) is 0 Å². The van der Waals surface area contributed by atoms with Crippen LogP contribution in [0, 0.1) is 0 Å². The van der Waals surface area contributed by atoms with Crippen molar-refractivity contribution in [3.8, 4) is 0 Å². The number of aliphatic imine (C=N–C) groups is 2. The number of fused-ring (bicyclic) bond motifs is 1. The lowest BCUT2D eigenvalue weighted by molar-refractivity contribution is -0.744. The van der Waals surface area contributed by atoms with Gasteiger partial charge in [0.25, 0.3) is 0 Å². The molecule has 0 aromatic rings. The predicted octanol–water partition coefficient (Wildman–Crippen LogP) is 0.982. The zero-order valence-corrected chi connectivity index (χ0v) is 7.46. The van der Waals surface area contributed by atoms with Gasteiger partial charge in [0.15, 0.2) is 0 Å². The first-order valence-corrected chi connectivity index (χ1v) is 4.36. The van der Waals surface area contributed by atoms with Crippen LogP contribution in [0.1, 0.15) is 0 Å². The van der Waals surface area contributed by atoms with Crippen LogP contribution >= 0.6 is 0 Å². The van der Waals surface area contributed by atoms with Crippen molar-refractivity contribution in [2.75, 3.05) is 0 Å². The Bertz CT molecular complexity index is 476. The van der Waals surface area contributed by atoms with Gasteiger partial charge in [-0.05, 0) is 0 Å². The molecule has 1 unspecified atom stereocenters. The Morgan fingerprint density at radius 1 is 1.36 bits per heavy atom. The summed E-state index contributed by atoms with van der Waals surface area (Å²) in [4.78, 5) is 8.38. The highest BCUT2D eigenvalue weighted by atomic mass is 15.6. The van der Waals surface area contributed by atoms with Crippen molar-refractivity contribution < 1.29 is 4.59 Å². The van der Waals surface area contributed by atoms with Crippen LogP contribution in [-0.2, 0) is 0 Å². The van der Waals surface area contributed by atoms with Gasteiger partial charge >= 0.3 is 0 Å². The molecule has 3 rings (SSSR count). The first kappa shape index (κ1) is 7.61. The van der Waals surface area contributed by atoms with E-state index in [0.717, 1.165) is 17.0 Å². The highest BCUT2D eigenvalue weighted by molar-refractivity contribution is 5.85. The molecular weight excluding hydrogens is 176 g/mol. The van der Waals surface area contributed by atoms with E-state index in [-0.39, 0.29) is 4.59 Å². The summed E-state index contributed by atoms with van der Waals surface area (Å²) in [5.74, 6) is 6.07. The van der Waals surface area contributed by atoms with Crippen LogP contribution in [0.25, 0.3) is 0 Å². The summed E-state index contributed by atoms with van der Waals surface area (Å²) in [6, 6.07) is 0. The fourth-order valence-electron chi connectivity index (χ4n) is 1.58. The third kappa shape index (κ3) is 0.837. The van der Waals surface area contributed by atoms with E-state index in [9.17, 15) is 0 Å². The fraction of sp³-hybridized carbons (Fsp3) is 0. The van der Waals surface area contributed by atoms with Crippen LogP contribution in [0.5, 0.6) is 0 Å². The summed E-state index contributed by atoms with van der Waals surface area (Å²) in [6.45, 7) is 0. The SMILES string of the molecule is N[N+]12C=CN=CC1=C(C1=CC=C1)N=C2. The molecule has 1 aliphatic carbocycles. The zero-order chi connectivity index (χ0) is 9.60. The molecule has 0 aromatic carbocycles. The van der Waals surface area contributed by atoms with Crippen molar-refractivity contribution in [2.24, 2.45) is 15.8 Å². The van der Waals surface area contributed by atoms with Crippen LogP contribution in [-0.4, -0.2) is 17.1 Å². The maximum absolute atomic E-state index is 6.07. The maximum atomic E-state index is 6.07. The summed E-state index contributed by atoms with van der Waals surface area (Å²) in [7, 11) is 0. The minimum Gasteiger partial charge on any atom is -0.253 e. The van der Waals surface area contributed by atoms with Gasteiger partial charge in [-0.25, -0.2) is 0 Å². The molecule has 0 aromatic heterocycles. The Morgan fingerprint density at radius 3 is 2.93 bits per heavy atom. The number of allylic oxidation sites excluding steroid dienone is 4. The normalized spacial score (nSPS) is 31.9. The molecular formula is C10H9N4+. The molecule has 0 amide bonds. The highest BCUT2D eigenvalue weighted by Crippen LogP contribution is 2.31. The Labute approximate surface area is 81.3 Å². The number of nitrogens with zero attached hydrogens (tertiary/aromatic N) is 3. The molecule has 0 saturated carbocycles. The quantitative estimate of drug-likeness (QED) is 0.480. The van der Waals surface area contributed by atoms with E-state index in [1.807, 2.05) is 18.2 Å². The third-order valence-electron chi connectivity index (χ3n) is 2.46. The summed E-state index contributed by atoms with van der Waals surface area (Å²) in [5, 5.41) is 0. The van der Waals surface area contributed by atoms with Crippen molar-refractivity contribution >= 4 is 12.6 Å². The van der Waals surface area contributed by atoms with Gasteiger partial charge in [0.2, 0.25) is 12.0 Å². The minimum atomic E-state index is 0.129. The average molecular weight is 185 g/mol. The molecule has 0 saturated heterocycles. The lowest BCUT2D eigenvalue weighted by Gasteiger charge is -2.21. The lowest BCUT2D eigenvalue weighted by atomic mass is 10.0. The Balaban J connectivity index is 2.14. The number of hydrogen-bond donors (Lipinski definition) is 1. The summed E-state index contributed by atoms with van der Waals surface area (Å²) >= 11 is 0. The minimum absolute atomic E-state index is 0.129. The summed E-state index contributed by atoms with van der Waals surface area (Å²) < 4.78 is 0.129. The van der Waals surface area contributed by atoms with Crippen LogP contribution in [0.3, 0.4) is 0 Å². The molecule has 0 fully saturated rings. The lowest BCUT2D eigenvalue weighted by Crippen LogP contribution is -2.47. The Morgan fingerprint density at radius 2 is 2.21 bits per heavy atom. The number of hydrogen-bond acceptors (Lipinski definition) is 3. The molecule has 1 atom stereocenters. The first-order valence-electron chi connectivity index (χ1n) is 4.36. The topological polar surface area (TPSA) is 50.7 Å². The molecule has 0 bridgehead atoms.